The second-order valence-corrected chi connectivity index (χ2v) is 6.77. The van der Waals surface area contributed by atoms with Crippen LogP contribution in [0.3, 0.4) is 0 Å². The first-order chi connectivity index (χ1) is 13.1. The van der Waals surface area contributed by atoms with Crippen molar-refractivity contribution < 1.29 is 4.79 Å². The monoisotopic (exact) mass is 356 g/mol. The fraction of sp³-hybridized carbons (Fsp3) is 0.136. The molecule has 0 unspecified atom stereocenters. The van der Waals surface area contributed by atoms with E-state index in [-0.39, 0.29) is 5.91 Å². The number of rotatable bonds is 4. The lowest BCUT2D eigenvalue weighted by Crippen LogP contribution is -2.12. The second-order valence-electron chi connectivity index (χ2n) is 6.77. The number of hydrogen-bond donors (Lipinski definition) is 1. The standard InChI is InChI=1S/C22H20N4O/c1-15-10-16(2)12-19(11-15)23-22(27)18-8-9-21-20(13-18)24-25-26(21)14-17-6-4-3-5-7-17/h3-13H,14H2,1-2H3,(H,23,27). The maximum absolute atomic E-state index is 12.6. The Morgan fingerprint density at radius 3 is 2.44 bits per heavy atom. The van der Waals surface area contributed by atoms with Gasteiger partial charge in [-0.3, -0.25) is 4.79 Å². The third kappa shape index (κ3) is 3.72. The Morgan fingerprint density at radius 1 is 0.963 bits per heavy atom. The summed E-state index contributed by atoms with van der Waals surface area (Å²) in [6.45, 7) is 4.67. The van der Waals surface area contributed by atoms with Crippen LogP contribution in [0.2, 0.25) is 0 Å². The van der Waals surface area contributed by atoms with E-state index in [9.17, 15) is 4.79 Å². The van der Waals surface area contributed by atoms with Crippen molar-refractivity contribution >= 4 is 22.6 Å². The minimum absolute atomic E-state index is 0.153. The van der Waals surface area contributed by atoms with Crippen molar-refractivity contribution in [1.82, 2.24) is 15.0 Å². The summed E-state index contributed by atoms with van der Waals surface area (Å²) in [4.78, 5) is 12.6. The highest BCUT2D eigenvalue weighted by molar-refractivity contribution is 6.06. The zero-order chi connectivity index (χ0) is 18.8. The molecule has 0 aliphatic rings. The van der Waals surface area contributed by atoms with Crippen LogP contribution >= 0.6 is 0 Å². The molecule has 0 aliphatic heterocycles. The topological polar surface area (TPSA) is 59.8 Å². The van der Waals surface area contributed by atoms with Crippen molar-refractivity contribution in [2.45, 2.75) is 20.4 Å². The first-order valence-corrected chi connectivity index (χ1v) is 8.85. The van der Waals surface area contributed by atoms with E-state index < -0.39 is 0 Å². The van der Waals surface area contributed by atoms with Gasteiger partial charge in [0.2, 0.25) is 0 Å². The van der Waals surface area contributed by atoms with Gasteiger partial charge in [-0.15, -0.1) is 5.10 Å². The van der Waals surface area contributed by atoms with E-state index in [1.165, 1.54) is 0 Å². The molecule has 0 aliphatic carbocycles. The minimum atomic E-state index is -0.153. The lowest BCUT2D eigenvalue weighted by Gasteiger charge is -2.08. The molecule has 1 aromatic heterocycles. The van der Waals surface area contributed by atoms with Gasteiger partial charge in [-0.2, -0.15) is 0 Å². The molecular weight excluding hydrogens is 336 g/mol. The maximum Gasteiger partial charge on any atom is 0.255 e. The number of nitrogens with zero attached hydrogens (tertiary/aromatic N) is 3. The quantitative estimate of drug-likeness (QED) is 0.591. The fourth-order valence-corrected chi connectivity index (χ4v) is 3.24. The van der Waals surface area contributed by atoms with E-state index in [1.807, 2.05) is 61.0 Å². The van der Waals surface area contributed by atoms with Gasteiger partial charge in [-0.25, -0.2) is 4.68 Å². The molecule has 0 spiro atoms. The molecule has 1 N–H and O–H groups in total. The highest BCUT2D eigenvalue weighted by atomic mass is 16.1. The molecule has 4 aromatic rings. The molecular formula is C22H20N4O. The Labute approximate surface area is 157 Å². The summed E-state index contributed by atoms with van der Waals surface area (Å²) in [5.41, 5.74) is 6.36. The lowest BCUT2D eigenvalue weighted by molar-refractivity contribution is 0.102. The first kappa shape index (κ1) is 17.0. The third-order valence-corrected chi connectivity index (χ3v) is 4.43. The molecule has 1 heterocycles. The van der Waals surface area contributed by atoms with Gasteiger partial charge in [0.1, 0.15) is 5.52 Å². The summed E-state index contributed by atoms with van der Waals surface area (Å²) >= 11 is 0. The van der Waals surface area contributed by atoms with Crippen LogP contribution in [-0.4, -0.2) is 20.9 Å². The van der Waals surface area contributed by atoms with Crippen LogP contribution in [0.5, 0.6) is 0 Å². The zero-order valence-corrected chi connectivity index (χ0v) is 15.3. The number of amides is 1. The Bertz CT molecular complexity index is 1100. The highest BCUT2D eigenvalue weighted by Gasteiger charge is 2.11. The normalized spacial score (nSPS) is 10.9. The van der Waals surface area contributed by atoms with Crippen LogP contribution in [0.4, 0.5) is 5.69 Å². The van der Waals surface area contributed by atoms with Crippen LogP contribution < -0.4 is 5.32 Å². The SMILES string of the molecule is Cc1cc(C)cc(NC(=O)c2ccc3c(c2)nnn3Cc2ccccc2)c1. The van der Waals surface area contributed by atoms with Crippen molar-refractivity contribution in [3.05, 3.63) is 89.0 Å². The molecule has 5 heteroatoms. The van der Waals surface area contributed by atoms with Crippen LogP contribution in [0.15, 0.2) is 66.7 Å². The van der Waals surface area contributed by atoms with Gasteiger partial charge >= 0.3 is 0 Å². The highest BCUT2D eigenvalue weighted by Crippen LogP contribution is 2.18. The first-order valence-electron chi connectivity index (χ1n) is 8.85. The number of nitrogens with one attached hydrogen (secondary N) is 1. The number of hydrogen-bond acceptors (Lipinski definition) is 3. The smallest absolute Gasteiger partial charge is 0.255 e. The molecule has 0 atom stereocenters. The van der Waals surface area contributed by atoms with E-state index in [1.54, 1.807) is 6.07 Å². The third-order valence-electron chi connectivity index (χ3n) is 4.43. The summed E-state index contributed by atoms with van der Waals surface area (Å²) in [6, 6.07) is 21.6. The lowest BCUT2D eigenvalue weighted by atomic mass is 10.1. The maximum atomic E-state index is 12.6. The minimum Gasteiger partial charge on any atom is -0.322 e. The Balaban J connectivity index is 1.57. The van der Waals surface area contributed by atoms with Crippen molar-refractivity contribution in [2.75, 3.05) is 5.32 Å². The molecule has 0 bridgehead atoms. The predicted molar refractivity (Wildman–Crippen MR) is 107 cm³/mol. The number of fused-ring (bicyclic) bond motifs is 1. The summed E-state index contributed by atoms with van der Waals surface area (Å²) in [5, 5.41) is 11.4. The van der Waals surface area contributed by atoms with E-state index in [0.29, 0.717) is 17.6 Å². The Kier molecular flexibility index (Phi) is 4.42. The number of carbonyl (C=O) groups is 1. The zero-order valence-electron chi connectivity index (χ0n) is 15.3. The van der Waals surface area contributed by atoms with Gasteiger partial charge < -0.3 is 5.32 Å². The Hall–Kier alpha value is -3.47. The van der Waals surface area contributed by atoms with E-state index in [4.69, 9.17) is 0 Å². The molecule has 27 heavy (non-hydrogen) atoms. The number of anilines is 1. The second kappa shape index (κ2) is 7.03. The number of aromatic nitrogens is 3. The molecule has 0 saturated carbocycles. The summed E-state index contributed by atoms with van der Waals surface area (Å²) in [7, 11) is 0. The summed E-state index contributed by atoms with van der Waals surface area (Å²) in [6.07, 6.45) is 0. The molecule has 134 valence electrons. The van der Waals surface area contributed by atoms with Gasteiger partial charge in [-0.05, 0) is 60.9 Å². The average Bonchev–Trinajstić information content (AvgIpc) is 3.04. The molecule has 3 aromatic carbocycles. The molecule has 0 saturated heterocycles. The summed E-state index contributed by atoms with van der Waals surface area (Å²) in [5.74, 6) is -0.153. The van der Waals surface area contributed by atoms with Crippen molar-refractivity contribution in [3.63, 3.8) is 0 Å². The van der Waals surface area contributed by atoms with Gasteiger partial charge in [-0.1, -0.05) is 41.6 Å². The fourth-order valence-electron chi connectivity index (χ4n) is 3.24. The van der Waals surface area contributed by atoms with Crippen LogP contribution in [0.25, 0.3) is 11.0 Å². The van der Waals surface area contributed by atoms with Gasteiger partial charge in [0.15, 0.2) is 0 Å². The van der Waals surface area contributed by atoms with Crippen molar-refractivity contribution in [3.8, 4) is 0 Å². The summed E-state index contributed by atoms with van der Waals surface area (Å²) < 4.78 is 1.84. The van der Waals surface area contributed by atoms with Gasteiger partial charge in [0.25, 0.3) is 5.91 Å². The number of aryl methyl sites for hydroxylation is 2. The van der Waals surface area contributed by atoms with Crippen molar-refractivity contribution in [2.24, 2.45) is 0 Å². The average molecular weight is 356 g/mol. The van der Waals surface area contributed by atoms with Gasteiger partial charge in [0, 0.05) is 11.3 Å². The van der Waals surface area contributed by atoms with E-state index in [0.717, 1.165) is 27.9 Å². The van der Waals surface area contributed by atoms with Crippen LogP contribution in [-0.2, 0) is 6.54 Å². The van der Waals surface area contributed by atoms with Crippen LogP contribution in [0.1, 0.15) is 27.0 Å². The molecule has 1 amide bonds. The largest absolute Gasteiger partial charge is 0.322 e. The van der Waals surface area contributed by atoms with E-state index in [2.05, 4.69) is 33.8 Å². The van der Waals surface area contributed by atoms with E-state index >= 15 is 0 Å². The molecule has 0 radical (unpaired) electrons. The number of carbonyl (C=O) groups excluding carboxylic acids is 1. The van der Waals surface area contributed by atoms with Gasteiger partial charge in [0.05, 0.1) is 12.1 Å². The Morgan fingerprint density at radius 2 is 1.70 bits per heavy atom. The predicted octanol–water partition coefficient (Wildman–Crippen LogP) is 4.35. The van der Waals surface area contributed by atoms with Crippen molar-refractivity contribution in [1.29, 1.82) is 0 Å². The molecule has 0 fully saturated rings. The molecule has 4 rings (SSSR count). The number of benzene rings is 3. The van der Waals surface area contributed by atoms with Crippen LogP contribution in [0, 0.1) is 13.8 Å². The molecule has 5 nitrogen and oxygen atoms in total.